The van der Waals surface area contributed by atoms with E-state index in [1.54, 1.807) is 6.07 Å². The maximum atomic E-state index is 13.3. The number of alkyl halides is 3. The van der Waals surface area contributed by atoms with Gasteiger partial charge in [0.25, 0.3) is 0 Å². The highest BCUT2D eigenvalue weighted by Crippen LogP contribution is 2.34. The Morgan fingerprint density at radius 3 is 2.67 bits per heavy atom. The van der Waals surface area contributed by atoms with E-state index in [2.05, 4.69) is 20.0 Å². The van der Waals surface area contributed by atoms with E-state index in [0.29, 0.717) is 22.2 Å². The van der Waals surface area contributed by atoms with Crippen molar-refractivity contribution >= 4 is 34.1 Å². The fourth-order valence-electron chi connectivity index (χ4n) is 2.19. The molecule has 0 radical (unpaired) electrons. The number of rotatable bonds is 3. The third kappa shape index (κ3) is 2.89. The summed E-state index contributed by atoms with van der Waals surface area (Å²) in [6.07, 6.45) is -4.65. The summed E-state index contributed by atoms with van der Waals surface area (Å²) in [4.78, 5) is 7.68. The van der Waals surface area contributed by atoms with Gasteiger partial charge in [0.05, 0.1) is 17.6 Å². The summed E-state index contributed by atoms with van der Waals surface area (Å²) in [6, 6.07) is 4.45. The zero-order valence-electron chi connectivity index (χ0n) is 12.8. The Labute approximate surface area is 139 Å². The molecular weight excluding hydrogens is 339 g/mol. The molecule has 0 spiro atoms. The topological polar surface area (TPSA) is 47.4 Å². The summed E-state index contributed by atoms with van der Waals surface area (Å²) in [5.74, 6) is -0.0665. The van der Waals surface area contributed by atoms with Crippen LogP contribution in [0.25, 0.3) is 21.5 Å². The lowest BCUT2D eigenvalue weighted by molar-refractivity contribution is -0.145. The second kappa shape index (κ2) is 5.94. The normalized spacial score (nSPS) is 12.2. The van der Waals surface area contributed by atoms with Gasteiger partial charge < -0.3 is 0 Å². The molecule has 3 aromatic rings. The molecule has 0 fully saturated rings. The molecule has 0 aliphatic rings. The molecule has 124 valence electrons. The summed E-state index contributed by atoms with van der Waals surface area (Å²) in [6.45, 7) is 11.1. The fraction of sp³-hybridized carbons (Fsp3) is 0.333. The van der Waals surface area contributed by atoms with Gasteiger partial charge in [0.1, 0.15) is 5.03 Å². The Bertz CT molecular complexity index is 956. The van der Waals surface area contributed by atoms with Crippen molar-refractivity contribution in [3.8, 4) is 0 Å². The first-order chi connectivity index (χ1) is 11.3. The van der Waals surface area contributed by atoms with E-state index >= 15 is 0 Å². The Hall–Kier alpha value is -2.34. The molecular formula is C15H12F3N5S. The molecule has 24 heavy (non-hydrogen) atoms. The molecule has 0 N–H and O–H groups in total. The van der Waals surface area contributed by atoms with Crippen molar-refractivity contribution in [1.82, 2.24) is 19.6 Å². The highest BCUT2D eigenvalue weighted by atomic mass is 32.2. The van der Waals surface area contributed by atoms with E-state index in [1.165, 1.54) is 23.9 Å². The van der Waals surface area contributed by atoms with Crippen LogP contribution in [-0.4, -0.2) is 25.3 Å². The molecule has 0 saturated heterocycles. The summed E-state index contributed by atoms with van der Waals surface area (Å²) >= 11 is 1.34. The van der Waals surface area contributed by atoms with Crippen molar-refractivity contribution in [2.75, 3.05) is 5.75 Å². The lowest BCUT2D eigenvalue weighted by Crippen LogP contribution is -2.11. The Morgan fingerprint density at radius 2 is 2.04 bits per heavy atom. The molecule has 0 atom stereocenters. The molecule has 2 heterocycles. The van der Waals surface area contributed by atoms with Gasteiger partial charge in [0.15, 0.2) is 11.3 Å². The van der Waals surface area contributed by atoms with Crippen LogP contribution in [0, 0.1) is 12.5 Å². The third-order valence-electron chi connectivity index (χ3n) is 3.21. The van der Waals surface area contributed by atoms with E-state index in [0.717, 1.165) is 4.40 Å². The first kappa shape index (κ1) is 16.5. The van der Waals surface area contributed by atoms with Crippen molar-refractivity contribution in [3.05, 3.63) is 35.4 Å². The van der Waals surface area contributed by atoms with Crippen LogP contribution in [0.4, 0.5) is 18.9 Å². The number of fused-ring (bicyclic) bond motifs is 3. The Morgan fingerprint density at radius 1 is 1.29 bits per heavy atom. The molecule has 2 aromatic heterocycles. The smallest absolute Gasteiger partial charge is 0.269 e. The lowest BCUT2D eigenvalue weighted by Gasteiger charge is -2.10. The van der Waals surface area contributed by atoms with Gasteiger partial charge in [-0.1, -0.05) is 19.9 Å². The summed E-state index contributed by atoms with van der Waals surface area (Å²) in [5, 5.41) is 7.42. The molecule has 0 aliphatic heterocycles. The Kier molecular flexibility index (Phi) is 4.09. The maximum absolute atomic E-state index is 13.3. The average molecular weight is 351 g/mol. The van der Waals surface area contributed by atoms with Gasteiger partial charge in [-0.2, -0.15) is 13.2 Å². The van der Waals surface area contributed by atoms with E-state index < -0.39 is 12.0 Å². The maximum Gasteiger partial charge on any atom is 0.452 e. The van der Waals surface area contributed by atoms with Gasteiger partial charge >= 0.3 is 6.18 Å². The van der Waals surface area contributed by atoms with Gasteiger partial charge in [0, 0.05) is 5.75 Å². The second-order valence-electron chi connectivity index (χ2n) is 5.59. The zero-order chi connectivity index (χ0) is 17.5. The predicted octanol–water partition coefficient (Wildman–Crippen LogP) is 4.60. The fourth-order valence-corrected chi connectivity index (χ4v) is 3.11. The average Bonchev–Trinajstić information content (AvgIpc) is 2.97. The molecule has 0 saturated carbocycles. The molecule has 0 unspecified atom stereocenters. The largest absolute Gasteiger partial charge is 0.452 e. The molecule has 5 nitrogen and oxygen atoms in total. The lowest BCUT2D eigenvalue weighted by atomic mass is 10.2. The van der Waals surface area contributed by atoms with Gasteiger partial charge in [-0.3, -0.25) is 4.40 Å². The minimum Gasteiger partial charge on any atom is -0.269 e. The van der Waals surface area contributed by atoms with Crippen LogP contribution in [0.5, 0.6) is 0 Å². The number of benzene rings is 1. The standard InChI is InChI=1S/C15H12F3N5S/c1-8(2)7-24-13-12-21-22-14(15(16,17)18)23(12)11-6-9(19-3)4-5-10(11)20-13/h4-6,8H,7H2,1-2H3. The minimum atomic E-state index is -4.65. The van der Waals surface area contributed by atoms with Gasteiger partial charge in [-0.05, 0) is 18.1 Å². The number of thioether (sulfide) groups is 1. The van der Waals surface area contributed by atoms with Gasteiger partial charge in [-0.25, -0.2) is 9.83 Å². The molecule has 0 amide bonds. The molecule has 0 aliphatic carbocycles. The SMILES string of the molecule is [C-]#[N+]c1ccc2nc(SCC(C)C)c3nnc(C(F)(F)F)n3c2c1. The third-order valence-corrected chi connectivity index (χ3v) is 4.59. The highest BCUT2D eigenvalue weighted by molar-refractivity contribution is 7.99. The Balaban J connectivity index is 2.35. The van der Waals surface area contributed by atoms with Crippen LogP contribution in [-0.2, 0) is 6.18 Å². The van der Waals surface area contributed by atoms with E-state index in [4.69, 9.17) is 6.57 Å². The van der Waals surface area contributed by atoms with Crippen molar-refractivity contribution < 1.29 is 13.2 Å². The number of hydrogen-bond donors (Lipinski definition) is 0. The first-order valence-electron chi connectivity index (χ1n) is 7.07. The zero-order valence-corrected chi connectivity index (χ0v) is 13.6. The number of hydrogen-bond acceptors (Lipinski definition) is 4. The van der Waals surface area contributed by atoms with Crippen LogP contribution in [0.15, 0.2) is 23.2 Å². The molecule has 3 rings (SSSR count). The van der Waals surface area contributed by atoms with E-state index in [-0.39, 0.29) is 16.9 Å². The molecule has 1 aromatic carbocycles. The van der Waals surface area contributed by atoms with Crippen LogP contribution >= 0.6 is 11.8 Å². The number of halogens is 3. The van der Waals surface area contributed by atoms with Crippen LogP contribution in [0.1, 0.15) is 19.7 Å². The first-order valence-corrected chi connectivity index (χ1v) is 8.06. The predicted molar refractivity (Wildman–Crippen MR) is 85.1 cm³/mol. The van der Waals surface area contributed by atoms with E-state index in [9.17, 15) is 13.2 Å². The molecule has 9 heteroatoms. The summed E-state index contributed by atoms with van der Waals surface area (Å²) in [7, 11) is 0. The monoisotopic (exact) mass is 351 g/mol. The molecule has 0 bridgehead atoms. The van der Waals surface area contributed by atoms with Crippen LogP contribution in [0.3, 0.4) is 0 Å². The highest BCUT2D eigenvalue weighted by Gasteiger charge is 2.38. The van der Waals surface area contributed by atoms with Crippen LogP contribution in [0.2, 0.25) is 0 Å². The van der Waals surface area contributed by atoms with Crippen molar-refractivity contribution in [2.24, 2.45) is 5.92 Å². The minimum absolute atomic E-state index is 0.0580. The van der Waals surface area contributed by atoms with Crippen LogP contribution < -0.4 is 0 Å². The quantitative estimate of drug-likeness (QED) is 0.511. The van der Waals surface area contributed by atoms with Crippen molar-refractivity contribution in [3.63, 3.8) is 0 Å². The van der Waals surface area contributed by atoms with Crippen molar-refractivity contribution in [1.29, 1.82) is 0 Å². The van der Waals surface area contributed by atoms with Gasteiger partial charge in [-0.15, -0.1) is 22.0 Å². The summed E-state index contributed by atoms with van der Waals surface area (Å²) < 4.78 is 40.8. The van der Waals surface area contributed by atoms with E-state index in [1.807, 2.05) is 13.8 Å². The van der Waals surface area contributed by atoms with Crippen molar-refractivity contribution in [2.45, 2.75) is 25.0 Å². The number of nitrogens with zero attached hydrogens (tertiary/aromatic N) is 5. The second-order valence-corrected chi connectivity index (χ2v) is 6.60. The number of aromatic nitrogens is 4. The summed E-state index contributed by atoms with van der Waals surface area (Å²) in [5.41, 5.74) is 0.828. The van der Waals surface area contributed by atoms with Gasteiger partial charge in [0.2, 0.25) is 5.82 Å².